The van der Waals surface area contributed by atoms with Crippen LogP contribution in [0.2, 0.25) is 5.02 Å². The summed E-state index contributed by atoms with van der Waals surface area (Å²) in [5.41, 5.74) is 2.22. The van der Waals surface area contributed by atoms with E-state index in [0.29, 0.717) is 10.6 Å². The van der Waals surface area contributed by atoms with Gasteiger partial charge in [-0.1, -0.05) is 35.9 Å². The third kappa shape index (κ3) is 3.41. The molecule has 5 heteroatoms. The molecule has 0 atom stereocenters. The van der Waals surface area contributed by atoms with Crippen LogP contribution in [-0.2, 0) is 0 Å². The predicted molar refractivity (Wildman–Crippen MR) is 68.3 cm³/mol. The van der Waals surface area contributed by atoms with Crippen LogP contribution in [0.25, 0.3) is 11.1 Å². The molecule has 2 rings (SSSR count). The van der Waals surface area contributed by atoms with E-state index in [9.17, 15) is 13.2 Å². The summed E-state index contributed by atoms with van der Waals surface area (Å²) in [5.74, 6) is -0.246. The maximum absolute atomic E-state index is 12.2. The lowest BCUT2D eigenvalue weighted by Gasteiger charge is -2.11. The van der Waals surface area contributed by atoms with Crippen molar-refractivity contribution in [1.82, 2.24) is 0 Å². The Bertz CT molecular complexity index is 593. The van der Waals surface area contributed by atoms with Gasteiger partial charge in [-0.2, -0.15) is 0 Å². The van der Waals surface area contributed by atoms with Gasteiger partial charge in [-0.05, 0) is 41.8 Å². The molecule has 0 aliphatic carbocycles. The van der Waals surface area contributed by atoms with Crippen molar-refractivity contribution in [3.63, 3.8) is 0 Å². The zero-order chi connectivity index (χ0) is 14.0. The highest BCUT2D eigenvalue weighted by molar-refractivity contribution is 6.31. The van der Waals surface area contributed by atoms with E-state index in [4.69, 9.17) is 11.6 Å². The SMILES string of the molecule is Cc1c(Cl)cccc1-c1cccc(OC(F)(F)F)c1. The Balaban J connectivity index is 2.41. The first-order chi connectivity index (χ1) is 8.87. The van der Waals surface area contributed by atoms with E-state index in [1.807, 2.05) is 6.92 Å². The molecule has 0 heterocycles. The Labute approximate surface area is 113 Å². The van der Waals surface area contributed by atoms with E-state index in [1.54, 1.807) is 24.3 Å². The van der Waals surface area contributed by atoms with E-state index in [2.05, 4.69) is 4.74 Å². The van der Waals surface area contributed by atoms with Crippen molar-refractivity contribution < 1.29 is 17.9 Å². The summed E-state index contributed by atoms with van der Waals surface area (Å²) >= 11 is 6.00. The normalized spacial score (nSPS) is 11.4. The molecule has 0 unspecified atom stereocenters. The van der Waals surface area contributed by atoms with Crippen LogP contribution in [0.3, 0.4) is 0 Å². The molecule has 0 amide bonds. The minimum atomic E-state index is -4.69. The number of rotatable bonds is 2. The van der Waals surface area contributed by atoms with E-state index < -0.39 is 6.36 Å². The molecule has 0 bridgehead atoms. The summed E-state index contributed by atoms with van der Waals surface area (Å²) in [5, 5.41) is 0.569. The van der Waals surface area contributed by atoms with Gasteiger partial charge in [0, 0.05) is 5.02 Å². The highest BCUT2D eigenvalue weighted by Gasteiger charge is 2.31. The Kier molecular flexibility index (Phi) is 3.71. The number of alkyl halides is 3. The zero-order valence-corrected chi connectivity index (χ0v) is 10.7. The summed E-state index contributed by atoms with van der Waals surface area (Å²) in [6.45, 7) is 1.81. The van der Waals surface area contributed by atoms with Crippen LogP contribution in [0.5, 0.6) is 5.75 Å². The lowest BCUT2D eigenvalue weighted by Crippen LogP contribution is -2.17. The van der Waals surface area contributed by atoms with Gasteiger partial charge in [0.1, 0.15) is 5.75 Å². The minimum Gasteiger partial charge on any atom is -0.406 e. The minimum absolute atomic E-state index is 0.246. The number of hydrogen-bond donors (Lipinski definition) is 0. The monoisotopic (exact) mass is 286 g/mol. The fourth-order valence-corrected chi connectivity index (χ4v) is 1.96. The maximum atomic E-state index is 12.2. The molecule has 2 aromatic rings. The van der Waals surface area contributed by atoms with Crippen molar-refractivity contribution >= 4 is 11.6 Å². The van der Waals surface area contributed by atoms with Gasteiger partial charge in [-0.25, -0.2) is 0 Å². The van der Waals surface area contributed by atoms with Gasteiger partial charge in [0.05, 0.1) is 0 Å². The molecule has 0 spiro atoms. The fraction of sp³-hybridized carbons (Fsp3) is 0.143. The van der Waals surface area contributed by atoms with E-state index >= 15 is 0 Å². The molecule has 0 aromatic heterocycles. The fourth-order valence-electron chi connectivity index (χ4n) is 1.78. The van der Waals surface area contributed by atoms with Crippen LogP contribution in [-0.4, -0.2) is 6.36 Å². The van der Waals surface area contributed by atoms with Crippen LogP contribution < -0.4 is 4.74 Å². The van der Waals surface area contributed by atoms with Gasteiger partial charge in [0.2, 0.25) is 0 Å². The second-order valence-electron chi connectivity index (χ2n) is 3.99. The third-order valence-electron chi connectivity index (χ3n) is 2.65. The Hall–Kier alpha value is -1.68. The topological polar surface area (TPSA) is 9.23 Å². The van der Waals surface area contributed by atoms with Crippen molar-refractivity contribution in [1.29, 1.82) is 0 Å². The second-order valence-corrected chi connectivity index (χ2v) is 4.40. The number of halogens is 4. The van der Waals surface area contributed by atoms with Crippen LogP contribution in [0, 0.1) is 6.92 Å². The van der Waals surface area contributed by atoms with E-state index in [1.165, 1.54) is 18.2 Å². The maximum Gasteiger partial charge on any atom is 0.573 e. The largest absolute Gasteiger partial charge is 0.573 e. The first-order valence-corrected chi connectivity index (χ1v) is 5.86. The van der Waals surface area contributed by atoms with Crippen LogP contribution >= 0.6 is 11.6 Å². The Morgan fingerprint density at radius 2 is 1.74 bits per heavy atom. The standard InChI is InChI=1S/C14H10ClF3O/c1-9-12(6-3-7-13(9)15)10-4-2-5-11(8-10)19-14(16,17)18/h2-8H,1H3. The lowest BCUT2D eigenvalue weighted by atomic mass is 10.0. The molecule has 0 aliphatic rings. The van der Waals surface area contributed by atoms with E-state index in [-0.39, 0.29) is 5.75 Å². The molecule has 0 fully saturated rings. The van der Waals surface area contributed by atoms with Gasteiger partial charge in [0.25, 0.3) is 0 Å². The van der Waals surface area contributed by atoms with Crippen molar-refractivity contribution in [2.24, 2.45) is 0 Å². The molecule has 0 saturated carbocycles. The highest BCUT2D eigenvalue weighted by atomic mass is 35.5. The average Bonchev–Trinajstić information content (AvgIpc) is 2.31. The van der Waals surface area contributed by atoms with Gasteiger partial charge >= 0.3 is 6.36 Å². The van der Waals surface area contributed by atoms with Gasteiger partial charge in [0.15, 0.2) is 0 Å². The summed E-state index contributed by atoms with van der Waals surface area (Å²) in [6, 6.07) is 11.1. The van der Waals surface area contributed by atoms with E-state index in [0.717, 1.165) is 11.1 Å². The number of hydrogen-bond acceptors (Lipinski definition) is 1. The molecule has 100 valence electrons. The first-order valence-electron chi connectivity index (χ1n) is 5.48. The Morgan fingerprint density at radius 1 is 1.05 bits per heavy atom. The van der Waals surface area contributed by atoms with Crippen molar-refractivity contribution in [2.75, 3.05) is 0 Å². The van der Waals surface area contributed by atoms with Gasteiger partial charge in [-0.15, -0.1) is 13.2 Å². The average molecular weight is 287 g/mol. The number of ether oxygens (including phenoxy) is 1. The zero-order valence-electron chi connectivity index (χ0n) is 9.96. The van der Waals surface area contributed by atoms with Crippen molar-refractivity contribution in [2.45, 2.75) is 13.3 Å². The summed E-state index contributed by atoms with van der Waals surface area (Å²) < 4.78 is 40.4. The van der Waals surface area contributed by atoms with Gasteiger partial charge in [-0.3, -0.25) is 0 Å². The predicted octanol–water partition coefficient (Wildman–Crippen LogP) is 5.21. The first kappa shape index (κ1) is 13.7. The van der Waals surface area contributed by atoms with Gasteiger partial charge < -0.3 is 4.74 Å². The summed E-state index contributed by atoms with van der Waals surface area (Å²) in [7, 11) is 0. The van der Waals surface area contributed by atoms with Crippen LogP contribution in [0.4, 0.5) is 13.2 Å². The Morgan fingerprint density at radius 3 is 2.42 bits per heavy atom. The molecule has 0 N–H and O–H groups in total. The van der Waals surface area contributed by atoms with Crippen molar-refractivity contribution in [3.05, 3.63) is 53.1 Å². The van der Waals surface area contributed by atoms with Crippen LogP contribution in [0.15, 0.2) is 42.5 Å². The molecular weight excluding hydrogens is 277 g/mol. The second kappa shape index (κ2) is 5.13. The third-order valence-corrected chi connectivity index (χ3v) is 3.06. The molecule has 0 saturated heterocycles. The quantitative estimate of drug-likeness (QED) is 0.736. The molecule has 0 aliphatic heterocycles. The molecule has 1 nitrogen and oxygen atoms in total. The molecule has 19 heavy (non-hydrogen) atoms. The molecule has 2 aromatic carbocycles. The lowest BCUT2D eigenvalue weighted by molar-refractivity contribution is -0.274. The molecular formula is C14H10ClF3O. The highest BCUT2D eigenvalue weighted by Crippen LogP contribution is 2.31. The summed E-state index contributed by atoms with van der Waals surface area (Å²) in [4.78, 5) is 0. The van der Waals surface area contributed by atoms with Crippen LogP contribution in [0.1, 0.15) is 5.56 Å². The van der Waals surface area contributed by atoms with Crippen molar-refractivity contribution in [3.8, 4) is 16.9 Å². The summed E-state index contributed by atoms with van der Waals surface area (Å²) in [6.07, 6.45) is -4.69. The smallest absolute Gasteiger partial charge is 0.406 e. The number of benzene rings is 2. The molecule has 0 radical (unpaired) electrons.